The zero-order valence-electron chi connectivity index (χ0n) is 18.6. The molecule has 11 heteroatoms. The molecule has 0 saturated carbocycles. The summed E-state index contributed by atoms with van der Waals surface area (Å²) in [6, 6.07) is 23.1. The predicted molar refractivity (Wildman–Crippen MR) is 133 cm³/mol. The van der Waals surface area contributed by atoms with E-state index in [9.17, 15) is 14.9 Å². The number of non-ortho nitro benzene ring substituents is 1. The molecule has 0 aliphatic rings. The van der Waals surface area contributed by atoms with Crippen LogP contribution in [0.5, 0.6) is 5.75 Å². The van der Waals surface area contributed by atoms with Gasteiger partial charge in [0.05, 0.1) is 24.0 Å². The highest BCUT2D eigenvalue weighted by Gasteiger charge is 2.17. The van der Waals surface area contributed by atoms with Crippen LogP contribution >= 0.6 is 11.8 Å². The van der Waals surface area contributed by atoms with Gasteiger partial charge in [-0.3, -0.25) is 19.5 Å². The number of amides is 1. The summed E-state index contributed by atoms with van der Waals surface area (Å²) in [5, 5.41) is 24.0. The Kier molecular flexibility index (Phi) is 7.48. The third-order valence-electron chi connectivity index (χ3n) is 4.81. The van der Waals surface area contributed by atoms with Gasteiger partial charge in [-0.25, -0.2) is 5.43 Å². The van der Waals surface area contributed by atoms with Crippen molar-refractivity contribution in [3.8, 4) is 22.8 Å². The van der Waals surface area contributed by atoms with Crippen molar-refractivity contribution >= 4 is 29.6 Å². The quantitative estimate of drug-likeness (QED) is 0.163. The van der Waals surface area contributed by atoms with Crippen molar-refractivity contribution in [3.05, 3.63) is 94.5 Å². The minimum Gasteiger partial charge on any atom is -0.497 e. The Labute approximate surface area is 204 Å². The van der Waals surface area contributed by atoms with E-state index in [0.29, 0.717) is 16.5 Å². The molecule has 0 saturated heterocycles. The summed E-state index contributed by atoms with van der Waals surface area (Å²) in [5.74, 6) is 1.05. The average Bonchev–Trinajstić information content (AvgIpc) is 3.32. The number of hydrazone groups is 1. The zero-order valence-corrected chi connectivity index (χ0v) is 19.4. The molecule has 0 radical (unpaired) electrons. The van der Waals surface area contributed by atoms with Gasteiger partial charge in [-0.2, -0.15) is 5.10 Å². The number of nitrogens with one attached hydrogen (secondary N) is 1. The lowest BCUT2D eigenvalue weighted by atomic mass is 10.2. The number of nitro benzene ring substituents is 1. The molecule has 1 heterocycles. The van der Waals surface area contributed by atoms with Crippen LogP contribution in [0, 0.1) is 10.1 Å². The van der Waals surface area contributed by atoms with Crippen molar-refractivity contribution in [1.82, 2.24) is 20.2 Å². The molecule has 1 aromatic heterocycles. The molecule has 35 heavy (non-hydrogen) atoms. The monoisotopic (exact) mass is 488 g/mol. The van der Waals surface area contributed by atoms with Gasteiger partial charge in [-0.15, -0.1) is 10.2 Å². The van der Waals surface area contributed by atoms with E-state index >= 15 is 0 Å². The zero-order chi connectivity index (χ0) is 24.6. The minimum absolute atomic E-state index is 0.0415. The number of hydrogen-bond donors (Lipinski definition) is 1. The van der Waals surface area contributed by atoms with Crippen LogP contribution in [0.15, 0.2) is 89.1 Å². The molecule has 0 atom stereocenters. The van der Waals surface area contributed by atoms with Crippen molar-refractivity contribution in [2.75, 3.05) is 12.9 Å². The Hall–Kier alpha value is -4.51. The second-order valence-electron chi connectivity index (χ2n) is 7.14. The van der Waals surface area contributed by atoms with Crippen LogP contribution in [0.1, 0.15) is 5.56 Å². The second kappa shape index (κ2) is 11.1. The van der Waals surface area contributed by atoms with Crippen LogP contribution < -0.4 is 10.2 Å². The van der Waals surface area contributed by atoms with E-state index < -0.39 is 4.92 Å². The molecule has 1 N–H and O–H groups in total. The Morgan fingerprint density at radius 1 is 1.11 bits per heavy atom. The van der Waals surface area contributed by atoms with Crippen LogP contribution in [-0.2, 0) is 4.79 Å². The fourth-order valence-electron chi connectivity index (χ4n) is 3.16. The van der Waals surface area contributed by atoms with E-state index in [-0.39, 0.29) is 17.3 Å². The van der Waals surface area contributed by atoms with Gasteiger partial charge in [0, 0.05) is 28.9 Å². The summed E-state index contributed by atoms with van der Waals surface area (Å²) < 4.78 is 7.12. The van der Waals surface area contributed by atoms with Gasteiger partial charge in [0.25, 0.3) is 11.6 Å². The van der Waals surface area contributed by atoms with E-state index in [0.717, 1.165) is 17.0 Å². The number of carbonyl (C=O) groups is 1. The SMILES string of the molecule is COc1ccc(-c2nnc(SCC(=O)NN=Cc3cccc([N+](=O)[O-])c3)n2-c2ccccc2)cc1. The number of hydrogen-bond acceptors (Lipinski definition) is 8. The number of para-hydroxylation sites is 1. The van der Waals surface area contributed by atoms with Crippen molar-refractivity contribution in [3.63, 3.8) is 0 Å². The number of thioether (sulfide) groups is 1. The Bertz CT molecular complexity index is 1360. The third-order valence-corrected chi connectivity index (χ3v) is 5.74. The van der Waals surface area contributed by atoms with Crippen LogP contribution in [0.25, 0.3) is 17.1 Å². The van der Waals surface area contributed by atoms with Crippen LogP contribution in [-0.4, -0.2) is 44.7 Å². The fraction of sp³-hybridized carbons (Fsp3) is 0.0833. The highest BCUT2D eigenvalue weighted by Crippen LogP contribution is 2.28. The lowest BCUT2D eigenvalue weighted by molar-refractivity contribution is -0.384. The van der Waals surface area contributed by atoms with Crippen molar-refractivity contribution in [2.45, 2.75) is 5.16 Å². The molecule has 10 nitrogen and oxygen atoms in total. The standard InChI is InChI=1S/C24H20N6O4S/c1-34-21-12-10-18(11-13-21)23-27-28-24(29(23)19-7-3-2-4-8-19)35-16-22(31)26-25-15-17-6-5-9-20(14-17)30(32)33/h2-15H,16H2,1H3,(H,26,31). The highest BCUT2D eigenvalue weighted by molar-refractivity contribution is 7.99. The van der Waals surface area contributed by atoms with Crippen molar-refractivity contribution in [2.24, 2.45) is 5.10 Å². The van der Waals surface area contributed by atoms with E-state index in [2.05, 4.69) is 20.7 Å². The fourth-order valence-corrected chi connectivity index (χ4v) is 3.90. The van der Waals surface area contributed by atoms with Gasteiger partial charge in [0.15, 0.2) is 11.0 Å². The van der Waals surface area contributed by atoms with E-state index in [1.165, 1.54) is 30.1 Å². The first-order chi connectivity index (χ1) is 17.0. The van der Waals surface area contributed by atoms with E-state index in [1.54, 1.807) is 19.2 Å². The third kappa shape index (κ3) is 5.89. The Morgan fingerprint density at radius 2 is 1.89 bits per heavy atom. The molecule has 4 rings (SSSR count). The first-order valence-corrected chi connectivity index (χ1v) is 11.4. The summed E-state index contributed by atoms with van der Waals surface area (Å²) in [7, 11) is 1.61. The maximum Gasteiger partial charge on any atom is 0.270 e. The molecule has 0 unspecified atom stereocenters. The molecule has 4 aromatic rings. The maximum atomic E-state index is 12.4. The molecule has 1 amide bonds. The summed E-state index contributed by atoms with van der Waals surface area (Å²) in [4.78, 5) is 22.7. The number of rotatable bonds is 9. The van der Waals surface area contributed by atoms with Crippen LogP contribution in [0.3, 0.4) is 0 Å². The van der Waals surface area contributed by atoms with Gasteiger partial charge >= 0.3 is 0 Å². The molecule has 0 bridgehead atoms. The second-order valence-corrected chi connectivity index (χ2v) is 8.08. The van der Waals surface area contributed by atoms with Gasteiger partial charge in [0.2, 0.25) is 0 Å². The largest absolute Gasteiger partial charge is 0.497 e. The number of aromatic nitrogens is 3. The van der Waals surface area contributed by atoms with E-state index in [4.69, 9.17) is 4.74 Å². The number of carbonyl (C=O) groups excluding carboxylic acids is 1. The number of nitro groups is 1. The summed E-state index contributed by atoms with van der Waals surface area (Å²) >= 11 is 1.22. The molecule has 0 aliphatic heterocycles. The highest BCUT2D eigenvalue weighted by atomic mass is 32.2. The average molecular weight is 489 g/mol. The number of methoxy groups -OCH3 is 1. The normalized spacial score (nSPS) is 10.9. The smallest absolute Gasteiger partial charge is 0.270 e. The summed E-state index contributed by atoms with van der Waals surface area (Å²) in [5.41, 5.74) is 4.58. The van der Waals surface area contributed by atoms with Crippen molar-refractivity contribution in [1.29, 1.82) is 0 Å². The van der Waals surface area contributed by atoms with Crippen LogP contribution in [0.2, 0.25) is 0 Å². The molecular formula is C24H20N6O4S. The molecule has 0 spiro atoms. The Balaban J connectivity index is 1.48. The predicted octanol–water partition coefficient (Wildman–Crippen LogP) is 4.09. The lowest BCUT2D eigenvalue weighted by Crippen LogP contribution is -2.20. The Morgan fingerprint density at radius 3 is 2.60 bits per heavy atom. The van der Waals surface area contributed by atoms with Crippen LogP contribution in [0.4, 0.5) is 5.69 Å². The van der Waals surface area contributed by atoms with Gasteiger partial charge < -0.3 is 4.74 Å². The number of ether oxygens (including phenoxy) is 1. The van der Waals surface area contributed by atoms with Gasteiger partial charge in [-0.05, 0) is 36.4 Å². The van der Waals surface area contributed by atoms with Gasteiger partial charge in [-0.1, -0.05) is 42.1 Å². The lowest BCUT2D eigenvalue weighted by Gasteiger charge is -2.10. The molecule has 0 aliphatic carbocycles. The summed E-state index contributed by atoms with van der Waals surface area (Å²) in [6.07, 6.45) is 1.35. The van der Waals surface area contributed by atoms with Crippen molar-refractivity contribution < 1.29 is 14.5 Å². The maximum absolute atomic E-state index is 12.4. The molecular weight excluding hydrogens is 468 g/mol. The number of benzene rings is 3. The number of nitrogens with zero attached hydrogens (tertiary/aromatic N) is 5. The molecule has 176 valence electrons. The first kappa shape index (κ1) is 23.6. The van der Waals surface area contributed by atoms with E-state index in [1.807, 2.05) is 59.2 Å². The molecule has 0 fully saturated rings. The van der Waals surface area contributed by atoms with Gasteiger partial charge in [0.1, 0.15) is 5.75 Å². The first-order valence-electron chi connectivity index (χ1n) is 10.4. The summed E-state index contributed by atoms with van der Waals surface area (Å²) in [6.45, 7) is 0. The molecule has 3 aromatic carbocycles. The minimum atomic E-state index is -0.490. The topological polar surface area (TPSA) is 125 Å².